The van der Waals surface area contributed by atoms with Gasteiger partial charge in [0.15, 0.2) is 0 Å². The van der Waals surface area contributed by atoms with Gasteiger partial charge < -0.3 is 4.90 Å². The van der Waals surface area contributed by atoms with E-state index in [1.165, 1.54) is 11.1 Å². The molecule has 0 N–H and O–H groups in total. The van der Waals surface area contributed by atoms with E-state index in [-0.39, 0.29) is 17.2 Å². The molecule has 0 spiro atoms. The molecule has 0 radical (unpaired) electrons. The molecule has 114 valence electrons. The van der Waals surface area contributed by atoms with Gasteiger partial charge in [-0.1, -0.05) is 12.8 Å². The number of rotatable bonds is 2. The molecule has 2 amide bonds. The van der Waals surface area contributed by atoms with Crippen LogP contribution in [-0.2, 0) is 16.4 Å². The summed E-state index contributed by atoms with van der Waals surface area (Å²) in [5.74, 6) is 0.393. The van der Waals surface area contributed by atoms with E-state index < -0.39 is 9.84 Å². The Hall–Kier alpha value is -1.70. The van der Waals surface area contributed by atoms with Crippen molar-refractivity contribution in [2.24, 2.45) is 0 Å². The van der Waals surface area contributed by atoms with E-state index >= 15 is 0 Å². The summed E-state index contributed by atoms with van der Waals surface area (Å²) in [6, 6.07) is 0.148. The number of nitrogens with zero attached hydrogens (tertiary/aromatic N) is 4. The predicted molar refractivity (Wildman–Crippen MR) is 76.7 cm³/mol. The number of amides is 2. The number of carbonyl (C=O) groups excluding carboxylic acids is 1. The van der Waals surface area contributed by atoms with Gasteiger partial charge in [-0.3, -0.25) is 4.90 Å². The maximum absolute atomic E-state index is 12.5. The summed E-state index contributed by atoms with van der Waals surface area (Å²) in [7, 11) is -1.85. The molecule has 1 aliphatic carbocycles. The molecule has 1 aromatic rings. The van der Waals surface area contributed by atoms with Crippen LogP contribution in [0.25, 0.3) is 0 Å². The lowest BCUT2D eigenvalue weighted by atomic mass is 10.1. The fourth-order valence-electron chi connectivity index (χ4n) is 3.00. The van der Waals surface area contributed by atoms with Crippen molar-refractivity contribution >= 4 is 21.7 Å². The molecule has 0 unspecified atom stereocenters. The van der Waals surface area contributed by atoms with Crippen molar-refractivity contribution in [2.75, 3.05) is 18.2 Å². The summed E-state index contributed by atoms with van der Waals surface area (Å²) >= 11 is 0. The minimum atomic E-state index is -3.48. The minimum absolute atomic E-state index is 0.118. The van der Waals surface area contributed by atoms with Gasteiger partial charge in [0.05, 0.1) is 6.54 Å². The van der Waals surface area contributed by atoms with Crippen LogP contribution in [0.2, 0.25) is 0 Å². The number of urea groups is 1. The minimum Gasteiger partial charge on any atom is -0.317 e. The van der Waals surface area contributed by atoms with Crippen molar-refractivity contribution in [1.29, 1.82) is 0 Å². The smallest absolute Gasteiger partial charge is 0.317 e. The summed E-state index contributed by atoms with van der Waals surface area (Å²) in [5, 5.41) is -0.241. The van der Waals surface area contributed by atoms with Gasteiger partial charge in [-0.2, -0.15) is 0 Å². The van der Waals surface area contributed by atoms with E-state index in [0.29, 0.717) is 12.4 Å². The van der Waals surface area contributed by atoms with Crippen LogP contribution in [0.15, 0.2) is 11.4 Å². The monoisotopic (exact) mass is 310 g/mol. The summed E-state index contributed by atoms with van der Waals surface area (Å²) in [5.41, 5.74) is 0.788. The number of hydrogen-bond acceptors (Lipinski definition) is 5. The molecule has 8 heteroatoms. The average Bonchev–Trinajstić information content (AvgIpc) is 2.95. The van der Waals surface area contributed by atoms with E-state index in [1.807, 2.05) is 4.90 Å². The molecule has 3 rings (SSSR count). The SMILES string of the molecule is CN1C(=O)N(C2CCCC2)Cc2cnc(S(C)(=O)=O)nc21. The van der Waals surface area contributed by atoms with Gasteiger partial charge in [0, 0.05) is 31.1 Å². The fraction of sp³-hybridized carbons (Fsp3) is 0.615. The lowest BCUT2D eigenvalue weighted by Crippen LogP contribution is -2.49. The zero-order valence-corrected chi connectivity index (χ0v) is 12.9. The van der Waals surface area contributed by atoms with E-state index in [2.05, 4.69) is 9.97 Å². The molecule has 2 aliphatic rings. The molecule has 1 saturated carbocycles. The molecule has 1 fully saturated rings. The maximum Gasteiger partial charge on any atom is 0.325 e. The highest BCUT2D eigenvalue weighted by atomic mass is 32.2. The fourth-order valence-corrected chi connectivity index (χ4v) is 3.49. The molecule has 0 saturated heterocycles. The molecule has 0 aromatic carbocycles. The Kier molecular flexibility index (Phi) is 3.35. The maximum atomic E-state index is 12.5. The molecule has 0 atom stereocenters. The number of hydrogen-bond donors (Lipinski definition) is 0. The quantitative estimate of drug-likeness (QED) is 0.766. The van der Waals surface area contributed by atoms with E-state index in [9.17, 15) is 13.2 Å². The average molecular weight is 310 g/mol. The van der Waals surface area contributed by atoms with Gasteiger partial charge in [0.25, 0.3) is 0 Å². The Morgan fingerprint density at radius 3 is 2.57 bits per heavy atom. The second-order valence-corrected chi connectivity index (χ2v) is 7.59. The van der Waals surface area contributed by atoms with E-state index in [0.717, 1.165) is 37.5 Å². The molecule has 1 aromatic heterocycles. The van der Waals surface area contributed by atoms with Crippen LogP contribution in [0.3, 0.4) is 0 Å². The van der Waals surface area contributed by atoms with Crippen LogP contribution in [0.4, 0.5) is 10.6 Å². The lowest BCUT2D eigenvalue weighted by Gasteiger charge is -2.37. The highest BCUT2D eigenvalue weighted by Gasteiger charge is 2.35. The Morgan fingerprint density at radius 2 is 1.95 bits per heavy atom. The molecule has 0 bridgehead atoms. The highest BCUT2D eigenvalue weighted by molar-refractivity contribution is 7.90. The van der Waals surface area contributed by atoms with Crippen molar-refractivity contribution in [1.82, 2.24) is 14.9 Å². The zero-order valence-electron chi connectivity index (χ0n) is 12.1. The van der Waals surface area contributed by atoms with Crippen LogP contribution >= 0.6 is 0 Å². The molecular formula is C13H18N4O3S. The second kappa shape index (κ2) is 4.94. The van der Waals surface area contributed by atoms with Crippen LogP contribution < -0.4 is 4.90 Å². The van der Waals surface area contributed by atoms with Gasteiger partial charge in [-0.25, -0.2) is 23.2 Å². The third-order valence-corrected chi connectivity index (χ3v) is 4.97. The Bertz CT molecular complexity index is 683. The molecular weight excluding hydrogens is 292 g/mol. The second-order valence-electron chi connectivity index (χ2n) is 5.68. The third kappa shape index (κ3) is 2.48. The van der Waals surface area contributed by atoms with E-state index in [4.69, 9.17) is 0 Å². The summed E-state index contributed by atoms with van der Waals surface area (Å²) in [6.07, 6.45) is 6.92. The van der Waals surface area contributed by atoms with Crippen LogP contribution in [0, 0.1) is 0 Å². The van der Waals surface area contributed by atoms with Crippen LogP contribution in [-0.4, -0.2) is 48.7 Å². The number of fused-ring (bicyclic) bond motifs is 1. The molecule has 7 nitrogen and oxygen atoms in total. The first-order chi connectivity index (χ1) is 9.88. The topological polar surface area (TPSA) is 83.5 Å². The summed E-state index contributed by atoms with van der Waals surface area (Å²) < 4.78 is 23.1. The van der Waals surface area contributed by atoms with Crippen LogP contribution in [0.1, 0.15) is 31.2 Å². The van der Waals surface area contributed by atoms with Crippen molar-refractivity contribution in [3.05, 3.63) is 11.8 Å². The number of aromatic nitrogens is 2. The zero-order chi connectivity index (χ0) is 15.2. The Morgan fingerprint density at radius 1 is 1.29 bits per heavy atom. The molecule has 21 heavy (non-hydrogen) atoms. The standard InChI is InChI=1S/C13H18N4O3S/c1-16-11-9(7-14-12(15-11)21(2,19)20)8-17(13(16)18)10-5-3-4-6-10/h7,10H,3-6,8H2,1-2H3. The van der Waals surface area contributed by atoms with Gasteiger partial charge in [0.2, 0.25) is 15.0 Å². The first-order valence-corrected chi connectivity index (χ1v) is 8.87. The number of carbonyl (C=O) groups is 1. The largest absolute Gasteiger partial charge is 0.325 e. The van der Waals surface area contributed by atoms with Crippen molar-refractivity contribution < 1.29 is 13.2 Å². The third-order valence-electron chi connectivity index (χ3n) is 4.11. The van der Waals surface area contributed by atoms with Crippen molar-refractivity contribution in [2.45, 2.75) is 43.4 Å². The normalized spacial score (nSPS) is 20.0. The lowest BCUT2D eigenvalue weighted by molar-refractivity contribution is 0.174. The van der Waals surface area contributed by atoms with Gasteiger partial charge >= 0.3 is 6.03 Å². The highest BCUT2D eigenvalue weighted by Crippen LogP contribution is 2.32. The van der Waals surface area contributed by atoms with Crippen molar-refractivity contribution in [3.63, 3.8) is 0 Å². The van der Waals surface area contributed by atoms with Gasteiger partial charge in [-0.05, 0) is 12.8 Å². The summed E-state index contributed by atoms with van der Waals surface area (Å²) in [6.45, 7) is 0.452. The number of sulfone groups is 1. The first kappa shape index (κ1) is 14.2. The Labute approximate surface area is 123 Å². The van der Waals surface area contributed by atoms with E-state index in [1.54, 1.807) is 7.05 Å². The molecule has 1 aliphatic heterocycles. The number of anilines is 1. The Balaban J connectivity index is 1.98. The van der Waals surface area contributed by atoms with Gasteiger partial charge in [-0.15, -0.1) is 0 Å². The van der Waals surface area contributed by atoms with Gasteiger partial charge in [0.1, 0.15) is 5.82 Å². The first-order valence-electron chi connectivity index (χ1n) is 6.98. The van der Waals surface area contributed by atoms with Crippen LogP contribution in [0.5, 0.6) is 0 Å². The molecule has 2 heterocycles. The summed E-state index contributed by atoms with van der Waals surface area (Å²) in [4.78, 5) is 23.7. The van der Waals surface area contributed by atoms with Crippen molar-refractivity contribution in [3.8, 4) is 0 Å². The predicted octanol–water partition coefficient (Wildman–Crippen LogP) is 1.19.